The standard InChI is InChI=1S/C24H25N3O3/c1-16-3-7-19(8-4-16)30-20-9-5-18(6-10-20)17(2)26-23-22-15-27(13-14-28)24(29)21(22)11-12-25-23/h3-12,17,28H,13-15H2,1-2H3,(H,25,26)/t17-/m0/s1. The van der Waals surface area contributed by atoms with Gasteiger partial charge in [-0.2, -0.15) is 0 Å². The number of hydrogen-bond donors (Lipinski definition) is 2. The van der Waals surface area contributed by atoms with E-state index in [1.165, 1.54) is 5.56 Å². The Labute approximate surface area is 176 Å². The summed E-state index contributed by atoms with van der Waals surface area (Å²) in [5.41, 5.74) is 3.80. The van der Waals surface area contributed by atoms with Crippen molar-refractivity contribution in [2.75, 3.05) is 18.5 Å². The molecule has 0 radical (unpaired) electrons. The van der Waals surface area contributed by atoms with Crippen molar-refractivity contribution < 1.29 is 14.6 Å². The molecule has 0 fully saturated rings. The number of amides is 1. The third-order valence-electron chi connectivity index (χ3n) is 5.28. The first-order valence-electron chi connectivity index (χ1n) is 10.0. The summed E-state index contributed by atoms with van der Waals surface area (Å²) in [6.45, 7) is 4.83. The number of carbonyl (C=O) groups is 1. The maximum absolute atomic E-state index is 12.4. The Kier molecular flexibility index (Phi) is 5.68. The fourth-order valence-electron chi connectivity index (χ4n) is 3.57. The molecule has 6 heteroatoms. The van der Waals surface area contributed by atoms with Crippen LogP contribution in [-0.4, -0.2) is 34.0 Å². The highest BCUT2D eigenvalue weighted by molar-refractivity contribution is 5.99. The average molecular weight is 403 g/mol. The minimum absolute atomic E-state index is 0.000538. The molecule has 0 saturated heterocycles. The minimum atomic E-state index is -0.0604. The van der Waals surface area contributed by atoms with Crippen molar-refractivity contribution in [3.05, 3.63) is 83.0 Å². The number of aromatic nitrogens is 1. The van der Waals surface area contributed by atoms with E-state index >= 15 is 0 Å². The van der Waals surface area contributed by atoms with Crippen LogP contribution in [0.4, 0.5) is 5.82 Å². The monoisotopic (exact) mass is 403 g/mol. The van der Waals surface area contributed by atoms with Crippen LogP contribution in [0.15, 0.2) is 60.8 Å². The molecule has 1 aliphatic rings. The molecule has 4 rings (SSSR count). The summed E-state index contributed by atoms with van der Waals surface area (Å²) >= 11 is 0. The third-order valence-corrected chi connectivity index (χ3v) is 5.28. The lowest BCUT2D eigenvalue weighted by atomic mass is 10.1. The van der Waals surface area contributed by atoms with E-state index in [-0.39, 0.29) is 18.6 Å². The van der Waals surface area contributed by atoms with Crippen molar-refractivity contribution in [2.24, 2.45) is 0 Å². The zero-order valence-corrected chi connectivity index (χ0v) is 17.1. The number of hydrogen-bond acceptors (Lipinski definition) is 5. The molecule has 30 heavy (non-hydrogen) atoms. The van der Waals surface area contributed by atoms with Crippen LogP contribution in [0.3, 0.4) is 0 Å². The van der Waals surface area contributed by atoms with Gasteiger partial charge in [0.25, 0.3) is 5.91 Å². The summed E-state index contributed by atoms with van der Waals surface area (Å²) in [6.07, 6.45) is 1.65. The molecule has 0 aliphatic carbocycles. The number of aryl methyl sites for hydroxylation is 1. The number of anilines is 1. The zero-order chi connectivity index (χ0) is 21.1. The van der Waals surface area contributed by atoms with Crippen molar-refractivity contribution in [3.8, 4) is 11.5 Å². The van der Waals surface area contributed by atoms with Gasteiger partial charge < -0.3 is 20.1 Å². The van der Waals surface area contributed by atoms with Gasteiger partial charge in [0.1, 0.15) is 17.3 Å². The number of β-amino-alcohol motifs (C(OH)–C–C–N with tert-alkyl or cyclic N) is 1. The van der Waals surface area contributed by atoms with Crippen LogP contribution >= 0.6 is 0 Å². The molecule has 0 saturated carbocycles. The molecule has 154 valence electrons. The van der Waals surface area contributed by atoms with Crippen molar-refractivity contribution >= 4 is 11.7 Å². The summed E-state index contributed by atoms with van der Waals surface area (Å²) in [7, 11) is 0. The molecule has 6 nitrogen and oxygen atoms in total. The first-order valence-corrected chi connectivity index (χ1v) is 10.0. The quantitative estimate of drug-likeness (QED) is 0.615. The van der Waals surface area contributed by atoms with Gasteiger partial charge in [-0.25, -0.2) is 4.98 Å². The summed E-state index contributed by atoms with van der Waals surface area (Å²) in [5, 5.41) is 12.6. The van der Waals surface area contributed by atoms with E-state index < -0.39 is 0 Å². The van der Waals surface area contributed by atoms with Crippen molar-refractivity contribution in [1.82, 2.24) is 9.88 Å². The molecule has 0 spiro atoms. The molecule has 1 aromatic heterocycles. The van der Waals surface area contributed by atoms with E-state index in [4.69, 9.17) is 4.74 Å². The molecule has 2 N–H and O–H groups in total. The van der Waals surface area contributed by atoms with Gasteiger partial charge in [0.15, 0.2) is 0 Å². The molecule has 0 bridgehead atoms. The number of fused-ring (bicyclic) bond motifs is 1. The van der Waals surface area contributed by atoms with E-state index in [2.05, 4.69) is 17.2 Å². The summed E-state index contributed by atoms with van der Waals surface area (Å²) in [4.78, 5) is 18.5. The van der Waals surface area contributed by atoms with Crippen LogP contribution in [0.25, 0.3) is 0 Å². The highest BCUT2D eigenvalue weighted by atomic mass is 16.5. The lowest BCUT2D eigenvalue weighted by Gasteiger charge is -2.18. The second-order valence-corrected chi connectivity index (χ2v) is 7.49. The van der Waals surface area contributed by atoms with E-state index in [0.717, 1.165) is 22.6 Å². The van der Waals surface area contributed by atoms with Gasteiger partial charge >= 0.3 is 0 Å². The van der Waals surface area contributed by atoms with Gasteiger partial charge in [0.2, 0.25) is 0 Å². The molecule has 0 unspecified atom stereocenters. The van der Waals surface area contributed by atoms with Gasteiger partial charge in [-0.1, -0.05) is 29.8 Å². The van der Waals surface area contributed by atoms with Crippen LogP contribution in [-0.2, 0) is 6.54 Å². The van der Waals surface area contributed by atoms with Crippen LogP contribution < -0.4 is 10.1 Å². The Morgan fingerprint density at radius 3 is 2.43 bits per heavy atom. The van der Waals surface area contributed by atoms with Crippen LogP contribution in [0.5, 0.6) is 11.5 Å². The van der Waals surface area contributed by atoms with Gasteiger partial charge in [0.05, 0.1) is 13.2 Å². The summed E-state index contributed by atoms with van der Waals surface area (Å²) in [6, 6.07) is 17.6. The normalized spacial score (nSPS) is 13.8. The predicted octanol–water partition coefficient (Wildman–Crippen LogP) is 4.30. The number of aliphatic hydroxyl groups is 1. The average Bonchev–Trinajstić information content (AvgIpc) is 3.07. The predicted molar refractivity (Wildman–Crippen MR) is 116 cm³/mol. The SMILES string of the molecule is Cc1ccc(Oc2ccc([C@H](C)Nc3nccc4c3CN(CCO)C4=O)cc2)cc1. The van der Waals surface area contributed by atoms with Gasteiger partial charge in [0, 0.05) is 29.9 Å². The molecule has 2 aromatic carbocycles. The number of nitrogens with zero attached hydrogens (tertiary/aromatic N) is 2. The number of pyridine rings is 1. The molecule has 3 aromatic rings. The Bertz CT molecular complexity index is 1030. The number of aliphatic hydroxyl groups excluding tert-OH is 1. The van der Waals surface area contributed by atoms with Gasteiger partial charge in [-0.05, 0) is 49.7 Å². The number of benzene rings is 2. The highest BCUT2D eigenvalue weighted by Gasteiger charge is 2.29. The van der Waals surface area contributed by atoms with Gasteiger partial charge in [-0.3, -0.25) is 4.79 Å². The van der Waals surface area contributed by atoms with E-state index in [1.807, 2.05) is 55.5 Å². The molecule has 1 amide bonds. The Balaban J connectivity index is 1.46. The smallest absolute Gasteiger partial charge is 0.254 e. The maximum atomic E-state index is 12.4. The lowest BCUT2D eigenvalue weighted by molar-refractivity contribution is 0.0746. The fourth-order valence-corrected chi connectivity index (χ4v) is 3.57. The Morgan fingerprint density at radius 1 is 1.10 bits per heavy atom. The van der Waals surface area contributed by atoms with E-state index in [9.17, 15) is 9.90 Å². The largest absolute Gasteiger partial charge is 0.457 e. The first-order chi connectivity index (χ1) is 14.5. The molecular formula is C24H25N3O3. The summed E-state index contributed by atoms with van der Waals surface area (Å²) in [5.74, 6) is 2.22. The van der Waals surface area contributed by atoms with Crippen LogP contribution in [0.2, 0.25) is 0 Å². The second-order valence-electron chi connectivity index (χ2n) is 7.49. The van der Waals surface area contributed by atoms with Crippen molar-refractivity contribution in [1.29, 1.82) is 0 Å². The van der Waals surface area contributed by atoms with Crippen molar-refractivity contribution in [3.63, 3.8) is 0 Å². The fraction of sp³-hybridized carbons (Fsp3) is 0.250. The van der Waals surface area contributed by atoms with Crippen molar-refractivity contribution in [2.45, 2.75) is 26.4 Å². The minimum Gasteiger partial charge on any atom is -0.457 e. The molecular weight excluding hydrogens is 378 g/mol. The van der Waals surface area contributed by atoms with Crippen LogP contribution in [0, 0.1) is 6.92 Å². The lowest BCUT2D eigenvalue weighted by Crippen LogP contribution is -2.26. The number of ether oxygens (including phenoxy) is 1. The topological polar surface area (TPSA) is 74.7 Å². The molecule has 2 heterocycles. The number of rotatable bonds is 7. The first kappa shape index (κ1) is 19.9. The Hall–Kier alpha value is -3.38. The third kappa shape index (κ3) is 4.14. The number of nitrogens with one attached hydrogen (secondary N) is 1. The number of carbonyl (C=O) groups excluding carboxylic acids is 1. The highest BCUT2D eigenvalue weighted by Crippen LogP contribution is 2.30. The van der Waals surface area contributed by atoms with Gasteiger partial charge in [-0.15, -0.1) is 0 Å². The maximum Gasteiger partial charge on any atom is 0.254 e. The van der Waals surface area contributed by atoms with Crippen LogP contribution in [0.1, 0.15) is 40.0 Å². The molecule has 1 atom stereocenters. The summed E-state index contributed by atoms with van der Waals surface area (Å²) < 4.78 is 5.90. The Morgan fingerprint density at radius 2 is 1.77 bits per heavy atom. The van der Waals surface area contributed by atoms with E-state index in [1.54, 1.807) is 17.2 Å². The second kappa shape index (κ2) is 8.55. The zero-order valence-electron chi connectivity index (χ0n) is 17.1. The van der Waals surface area contributed by atoms with E-state index in [0.29, 0.717) is 24.5 Å². The molecule has 1 aliphatic heterocycles.